The molecule has 0 spiro atoms. The molecule has 2 aromatic heterocycles. The highest BCUT2D eigenvalue weighted by Crippen LogP contribution is 2.43. The molecule has 0 bridgehead atoms. The number of nitrogens with one attached hydrogen (secondary N) is 1. The second-order valence-electron chi connectivity index (χ2n) is 12.2. The maximum Gasteiger partial charge on any atom is 0.271 e. The minimum atomic E-state index is -0.638. The predicted octanol–water partition coefficient (Wildman–Crippen LogP) is 6.94. The van der Waals surface area contributed by atoms with E-state index in [0.717, 1.165) is 43.6 Å². The van der Waals surface area contributed by atoms with E-state index in [9.17, 15) is 15.1 Å². The Morgan fingerprint density at radius 3 is 2.38 bits per heavy atom. The number of thioether (sulfide) groups is 1. The molecule has 0 aliphatic carbocycles. The number of aromatic nitrogens is 3. The number of para-hydroxylation sites is 2. The van der Waals surface area contributed by atoms with Crippen LogP contribution in [0.1, 0.15) is 52.1 Å². The van der Waals surface area contributed by atoms with Crippen LogP contribution in [-0.2, 0) is 22.6 Å². The van der Waals surface area contributed by atoms with Gasteiger partial charge in [-0.05, 0) is 46.0 Å². The van der Waals surface area contributed by atoms with E-state index in [1.54, 1.807) is 6.07 Å². The third-order valence-corrected chi connectivity index (χ3v) is 10.0. The summed E-state index contributed by atoms with van der Waals surface area (Å²) < 4.78 is 14.1. The van der Waals surface area contributed by atoms with Crippen molar-refractivity contribution in [3.63, 3.8) is 0 Å². The third-order valence-electron chi connectivity index (χ3n) is 8.94. The van der Waals surface area contributed by atoms with Crippen LogP contribution >= 0.6 is 11.8 Å². The molecular formula is C40H36N4O5S. The fourth-order valence-corrected chi connectivity index (χ4v) is 7.19. The van der Waals surface area contributed by atoms with Gasteiger partial charge >= 0.3 is 0 Å². The Kier molecular flexibility index (Phi) is 10.1. The second kappa shape index (κ2) is 15.2. The average molecular weight is 685 g/mol. The molecule has 10 heteroatoms. The van der Waals surface area contributed by atoms with E-state index in [1.807, 2.05) is 109 Å². The van der Waals surface area contributed by atoms with Gasteiger partial charge in [-0.1, -0.05) is 104 Å². The molecule has 4 atom stereocenters. The van der Waals surface area contributed by atoms with Crippen LogP contribution in [0.2, 0.25) is 0 Å². The standard InChI is InChI=1S/C40H36N4O5S/c1-26-36(25-50-37-12-6-7-21-44(37)47)48-40(49-38(26)29-15-13-27(24-45)14-16-29)30-19-17-28(18-20-30)32-9-3-2-8-31(32)22-42-39(46)35-23-41-33-10-4-5-11-34(33)43-35/h2-21,23,26,36,38,40,45H,22,24-25H2,1H3,(H,42,46). The molecule has 7 rings (SSSR count). The largest absolute Gasteiger partial charge is 0.618 e. The molecular weight excluding hydrogens is 649 g/mol. The fraction of sp³-hybridized carbons (Fsp3) is 0.200. The Morgan fingerprint density at radius 2 is 1.60 bits per heavy atom. The van der Waals surface area contributed by atoms with Crippen molar-refractivity contribution in [3.05, 3.63) is 161 Å². The number of amides is 1. The third kappa shape index (κ3) is 7.39. The SMILES string of the molecule is CC1C(CSc2cccc[n+]2[O-])OC(c2ccc(-c3ccccc3CNC(=O)c3cnc4ccccc4n3)cc2)OC1c1ccc(CO)cc1. The highest BCUT2D eigenvalue weighted by atomic mass is 32.2. The summed E-state index contributed by atoms with van der Waals surface area (Å²) in [6.07, 6.45) is 1.88. The van der Waals surface area contributed by atoms with E-state index in [1.165, 1.54) is 24.2 Å². The Bertz CT molecular complexity index is 2090. The van der Waals surface area contributed by atoms with Crippen molar-refractivity contribution in [2.45, 2.75) is 43.6 Å². The van der Waals surface area contributed by atoms with Crippen molar-refractivity contribution in [1.82, 2.24) is 15.3 Å². The molecule has 0 radical (unpaired) electrons. The van der Waals surface area contributed by atoms with Crippen LogP contribution in [0.3, 0.4) is 0 Å². The lowest BCUT2D eigenvalue weighted by Crippen LogP contribution is -2.39. The summed E-state index contributed by atoms with van der Waals surface area (Å²) in [6.45, 7) is 2.40. The van der Waals surface area contributed by atoms with Crippen LogP contribution < -0.4 is 10.0 Å². The summed E-state index contributed by atoms with van der Waals surface area (Å²) in [4.78, 5) is 21.9. The number of hydrogen-bond donors (Lipinski definition) is 2. The van der Waals surface area contributed by atoms with Gasteiger partial charge < -0.3 is 25.1 Å². The maximum absolute atomic E-state index is 13.0. The van der Waals surface area contributed by atoms with Crippen LogP contribution in [0.4, 0.5) is 0 Å². The van der Waals surface area contributed by atoms with E-state index in [-0.39, 0.29) is 36.3 Å². The van der Waals surface area contributed by atoms with E-state index in [4.69, 9.17) is 9.47 Å². The number of hydrogen-bond acceptors (Lipinski definition) is 8. The van der Waals surface area contributed by atoms with Crippen molar-refractivity contribution < 1.29 is 24.1 Å². The summed E-state index contributed by atoms with van der Waals surface area (Å²) in [5, 5.41) is 25.5. The molecule has 252 valence electrons. The molecule has 1 saturated heterocycles. The number of fused-ring (bicyclic) bond motifs is 1. The zero-order valence-corrected chi connectivity index (χ0v) is 28.2. The Labute approximate surface area is 294 Å². The number of aliphatic hydroxyl groups is 1. The van der Waals surface area contributed by atoms with Crippen LogP contribution in [0.15, 0.2) is 133 Å². The van der Waals surface area contributed by atoms with Gasteiger partial charge in [-0.2, -0.15) is 4.73 Å². The number of carbonyl (C=O) groups is 1. The molecule has 3 heterocycles. The van der Waals surface area contributed by atoms with Crippen LogP contribution in [0.25, 0.3) is 22.2 Å². The van der Waals surface area contributed by atoms with Crippen molar-refractivity contribution >= 4 is 28.7 Å². The average Bonchev–Trinajstić information content (AvgIpc) is 3.17. The second-order valence-corrected chi connectivity index (χ2v) is 13.2. The number of carbonyl (C=O) groups excluding carboxylic acids is 1. The number of nitrogens with zero attached hydrogens (tertiary/aromatic N) is 3. The van der Waals surface area contributed by atoms with Gasteiger partial charge in [0.05, 0.1) is 36.0 Å². The summed E-state index contributed by atoms with van der Waals surface area (Å²) in [5.74, 6) is 0.268. The Balaban J connectivity index is 1.09. The van der Waals surface area contributed by atoms with E-state index in [2.05, 4.69) is 22.2 Å². The van der Waals surface area contributed by atoms with E-state index >= 15 is 0 Å². The number of pyridine rings is 1. The normalized spacial score (nSPS) is 18.9. The Morgan fingerprint density at radius 1 is 0.880 bits per heavy atom. The highest BCUT2D eigenvalue weighted by molar-refractivity contribution is 7.99. The summed E-state index contributed by atoms with van der Waals surface area (Å²) in [5.41, 5.74) is 7.31. The molecule has 9 nitrogen and oxygen atoms in total. The molecule has 4 aromatic carbocycles. The predicted molar refractivity (Wildman–Crippen MR) is 192 cm³/mol. The molecule has 50 heavy (non-hydrogen) atoms. The fourth-order valence-electron chi connectivity index (χ4n) is 6.11. The topological polar surface area (TPSA) is 121 Å². The molecule has 4 unspecified atom stereocenters. The molecule has 1 fully saturated rings. The quantitative estimate of drug-likeness (QED) is 0.0905. The molecule has 1 aliphatic heterocycles. The van der Waals surface area contributed by atoms with Crippen LogP contribution in [0.5, 0.6) is 0 Å². The Hall–Kier alpha value is -5.13. The lowest BCUT2D eigenvalue weighted by molar-refractivity contribution is -0.645. The first-order valence-corrected chi connectivity index (χ1v) is 17.5. The summed E-state index contributed by atoms with van der Waals surface area (Å²) in [7, 11) is 0. The maximum atomic E-state index is 13.0. The summed E-state index contributed by atoms with van der Waals surface area (Å²) >= 11 is 1.46. The zero-order valence-electron chi connectivity index (χ0n) is 27.4. The minimum Gasteiger partial charge on any atom is -0.618 e. The highest BCUT2D eigenvalue weighted by Gasteiger charge is 2.38. The lowest BCUT2D eigenvalue weighted by Gasteiger charge is -2.41. The van der Waals surface area contributed by atoms with Crippen molar-refractivity contribution in [3.8, 4) is 11.1 Å². The molecule has 1 amide bonds. The molecule has 6 aromatic rings. The van der Waals surface area contributed by atoms with Gasteiger partial charge in [-0.15, -0.1) is 0 Å². The monoisotopic (exact) mass is 684 g/mol. The number of ether oxygens (including phenoxy) is 2. The van der Waals surface area contributed by atoms with E-state index in [0.29, 0.717) is 22.8 Å². The number of rotatable bonds is 10. The van der Waals surface area contributed by atoms with Crippen LogP contribution in [-0.4, -0.2) is 32.8 Å². The van der Waals surface area contributed by atoms with Gasteiger partial charge in [-0.25, -0.2) is 4.98 Å². The van der Waals surface area contributed by atoms with Crippen molar-refractivity contribution in [2.75, 3.05) is 5.75 Å². The van der Waals surface area contributed by atoms with Gasteiger partial charge in [0.25, 0.3) is 10.9 Å². The van der Waals surface area contributed by atoms with Crippen molar-refractivity contribution in [2.24, 2.45) is 5.92 Å². The smallest absolute Gasteiger partial charge is 0.271 e. The number of aliphatic hydroxyl groups excluding tert-OH is 1. The first-order chi connectivity index (χ1) is 24.5. The van der Waals surface area contributed by atoms with Gasteiger partial charge in [0.1, 0.15) is 5.69 Å². The first kappa shape index (κ1) is 33.4. The molecule has 1 aliphatic rings. The van der Waals surface area contributed by atoms with Gasteiger partial charge in [-0.3, -0.25) is 9.78 Å². The van der Waals surface area contributed by atoms with Gasteiger partial charge in [0.15, 0.2) is 12.5 Å². The van der Waals surface area contributed by atoms with Gasteiger partial charge in [0, 0.05) is 35.9 Å². The number of benzene rings is 4. The first-order valence-electron chi connectivity index (χ1n) is 16.5. The molecule has 0 saturated carbocycles. The van der Waals surface area contributed by atoms with E-state index < -0.39 is 6.29 Å². The minimum absolute atomic E-state index is 0.00973. The van der Waals surface area contributed by atoms with Crippen molar-refractivity contribution in [1.29, 1.82) is 0 Å². The zero-order chi connectivity index (χ0) is 34.5. The molecule has 2 N–H and O–H groups in total. The van der Waals surface area contributed by atoms with Gasteiger partial charge in [0.2, 0.25) is 0 Å². The van der Waals surface area contributed by atoms with Crippen LogP contribution in [0, 0.1) is 11.1 Å². The summed E-state index contributed by atoms with van der Waals surface area (Å²) in [6, 6.07) is 36.7. The lowest BCUT2D eigenvalue weighted by atomic mass is 9.91.